The van der Waals surface area contributed by atoms with Crippen molar-refractivity contribution in [3.05, 3.63) is 0 Å². The summed E-state index contributed by atoms with van der Waals surface area (Å²) >= 11 is 0. The van der Waals surface area contributed by atoms with Gasteiger partial charge in [-0.1, -0.05) is 129 Å². The van der Waals surface area contributed by atoms with E-state index in [1.165, 1.54) is 96.3 Å². The van der Waals surface area contributed by atoms with Crippen molar-refractivity contribution in [3.8, 4) is 0 Å². The van der Waals surface area contributed by atoms with E-state index in [1.54, 1.807) is 0 Å². The topological polar surface area (TPSA) is 135 Å². The molecule has 0 amide bonds. The summed E-state index contributed by atoms with van der Waals surface area (Å²) in [6.45, 7) is 4.53. The normalized spacial score (nSPS) is 23.0. The van der Waals surface area contributed by atoms with Gasteiger partial charge >= 0.3 is 5.97 Å². The fourth-order valence-corrected chi connectivity index (χ4v) is 5.43. The summed E-state index contributed by atoms with van der Waals surface area (Å²) in [5.41, 5.74) is 0. The van der Waals surface area contributed by atoms with Crippen LogP contribution in [0.1, 0.15) is 149 Å². The Balaban J connectivity index is 2.35. The second kappa shape index (κ2) is 27.5. The predicted octanol–water partition coefficient (Wildman–Crippen LogP) is 5.96. The van der Waals surface area contributed by atoms with Crippen LogP contribution < -0.4 is 0 Å². The zero-order valence-corrected chi connectivity index (χ0v) is 27.5. The summed E-state index contributed by atoms with van der Waals surface area (Å²) in [7, 11) is 0. The third-order valence-electron chi connectivity index (χ3n) is 8.27. The number of ether oxygens (including phenoxy) is 4. The van der Waals surface area contributed by atoms with Gasteiger partial charge in [-0.15, -0.1) is 0 Å². The van der Waals surface area contributed by atoms with Crippen LogP contribution in [0.5, 0.6) is 0 Å². The molecule has 0 spiro atoms. The molecule has 9 heteroatoms. The first kappa shape index (κ1) is 40.2. The molecule has 0 saturated carbocycles. The number of hydrogen-bond acceptors (Lipinski definition) is 9. The number of hydrogen-bond donors (Lipinski definition) is 4. The Kier molecular flexibility index (Phi) is 25.7. The van der Waals surface area contributed by atoms with E-state index >= 15 is 0 Å². The van der Waals surface area contributed by atoms with Gasteiger partial charge < -0.3 is 39.4 Å². The number of unbranched alkanes of at least 4 members (excludes halogenated alkanes) is 18. The number of carbonyl (C=O) groups excluding carboxylic acids is 1. The maximum Gasteiger partial charge on any atom is 0.306 e. The maximum absolute atomic E-state index is 12.6. The van der Waals surface area contributed by atoms with E-state index in [2.05, 4.69) is 13.8 Å². The molecule has 4 N–H and O–H groups in total. The van der Waals surface area contributed by atoms with Gasteiger partial charge in [-0.3, -0.25) is 4.79 Å². The van der Waals surface area contributed by atoms with Gasteiger partial charge in [-0.2, -0.15) is 0 Å². The van der Waals surface area contributed by atoms with Crippen molar-refractivity contribution in [1.82, 2.24) is 0 Å². The molecule has 1 aliphatic heterocycles. The van der Waals surface area contributed by atoms with E-state index in [9.17, 15) is 25.2 Å². The Morgan fingerprint density at radius 1 is 0.651 bits per heavy atom. The lowest BCUT2D eigenvalue weighted by Crippen LogP contribution is -2.59. The molecule has 1 aliphatic rings. The first-order chi connectivity index (χ1) is 20.9. The summed E-state index contributed by atoms with van der Waals surface area (Å²) in [6.07, 6.45) is 17.0. The van der Waals surface area contributed by atoms with E-state index in [4.69, 9.17) is 18.9 Å². The van der Waals surface area contributed by atoms with Gasteiger partial charge in [0.25, 0.3) is 0 Å². The van der Waals surface area contributed by atoms with Gasteiger partial charge in [0.05, 0.1) is 19.8 Å². The van der Waals surface area contributed by atoms with Gasteiger partial charge in [-0.05, 0) is 12.8 Å². The Morgan fingerprint density at radius 3 is 1.65 bits per heavy atom. The van der Waals surface area contributed by atoms with Gasteiger partial charge in [0, 0.05) is 13.0 Å². The number of esters is 1. The van der Waals surface area contributed by atoms with Crippen molar-refractivity contribution in [2.45, 2.75) is 185 Å². The van der Waals surface area contributed by atoms with Crippen LogP contribution >= 0.6 is 0 Å². The second-order valence-electron chi connectivity index (χ2n) is 12.3. The summed E-state index contributed by atoms with van der Waals surface area (Å²) in [4.78, 5) is 12.6. The van der Waals surface area contributed by atoms with Crippen LogP contribution in [-0.4, -0.2) is 89.6 Å². The predicted molar refractivity (Wildman–Crippen MR) is 169 cm³/mol. The highest BCUT2D eigenvalue weighted by Gasteiger charge is 2.44. The maximum atomic E-state index is 12.6. The molecule has 0 aromatic rings. The van der Waals surface area contributed by atoms with Crippen LogP contribution in [0.3, 0.4) is 0 Å². The molecule has 0 bridgehead atoms. The van der Waals surface area contributed by atoms with Crippen LogP contribution in [0, 0.1) is 0 Å². The van der Waals surface area contributed by atoms with E-state index in [-0.39, 0.29) is 19.2 Å². The van der Waals surface area contributed by atoms with Crippen molar-refractivity contribution >= 4 is 5.97 Å². The Morgan fingerprint density at radius 2 is 1.14 bits per heavy atom. The molecule has 1 heterocycles. The molecule has 6 unspecified atom stereocenters. The third kappa shape index (κ3) is 20.0. The second-order valence-corrected chi connectivity index (χ2v) is 12.3. The van der Waals surface area contributed by atoms with Crippen molar-refractivity contribution in [2.24, 2.45) is 0 Å². The molecule has 9 nitrogen and oxygen atoms in total. The van der Waals surface area contributed by atoms with Crippen molar-refractivity contribution in [2.75, 3.05) is 26.4 Å². The summed E-state index contributed by atoms with van der Waals surface area (Å²) in [5.74, 6) is -0.315. The van der Waals surface area contributed by atoms with Crippen LogP contribution in [0.15, 0.2) is 0 Å². The lowest BCUT2D eigenvalue weighted by molar-refractivity contribution is -0.305. The van der Waals surface area contributed by atoms with Crippen LogP contribution in [-0.2, 0) is 23.7 Å². The van der Waals surface area contributed by atoms with E-state index in [1.807, 2.05) is 0 Å². The smallest absolute Gasteiger partial charge is 0.306 e. The Labute approximate surface area is 262 Å². The van der Waals surface area contributed by atoms with Gasteiger partial charge in [0.15, 0.2) is 6.29 Å². The monoisotopic (exact) mass is 618 g/mol. The van der Waals surface area contributed by atoms with Crippen molar-refractivity contribution < 1.29 is 44.2 Å². The quantitative estimate of drug-likeness (QED) is 0.0591. The largest absolute Gasteiger partial charge is 0.457 e. The molecular formula is C34H66O9. The van der Waals surface area contributed by atoms with Crippen LogP contribution in [0.4, 0.5) is 0 Å². The molecule has 1 fully saturated rings. The minimum Gasteiger partial charge on any atom is -0.457 e. The number of aliphatic hydroxyl groups is 4. The van der Waals surface area contributed by atoms with Gasteiger partial charge in [-0.25, -0.2) is 0 Å². The highest BCUT2D eigenvalue weighted by Crippen LogP contribution is 2.22. The Hall–Kier alpha value is -0.810. The average Bonchev–Trinajstić information content (AvgIpc) is 3.00. The van der Waals surface area contributed by atoms with E-state index < -0.39 is 43.4 Å². The van der Waals surface area contributed by atoms with Crippen LogP contribution in [0.2, 0.25) is 0 Å². The zero-order chi connectivity index (χ0) is 31.5. The minimum atomic E-state index is -1.53. The van der Waals surface area contributed by atoms with Crippen LogP contribution in [0.25, 0.3) is 0 Å². The lowest BCUT2D eigenvalue weighted by Gasteiger charge is -2.39. The Bertz CT molecular complexity index is 633. The molecule has 0 radical (unpaired) electrons. The molecule has 43 heavy (non-hydrogen) atoms. The highest BCUT2D eigenvalue weighted by molar-refractivity contribution is 5.69. The van der Waals surface area contributed by atoms with E-state index in [0.717, 1.165) is 32.1 Å². The number of rotatable bonds is 29. The summed E-state index contributed by atoms with van der Waals surface area (Å²) in [5, 5.41) is 39.7. The average molecular weight is 619 g/mol. The van der Waals surface area contributed by atoms with Gasteiger partial charge in [0.2, 0.25) is 0 Å². The standard InChI is InChI=1S/C34H66O9/c1-3-5-7-9-11-13-14-15-16-17-19-21-23-30(36)42-28(26-40-24-22-20-18-12-10-8-6-4-2)27-41-34-33(39)32(38)31(37)29(25-35)43-34/h28-29,31-35,37-39H,3-27H2,1-2H3. The number of carbonyl (C=O) groups is 1. The summed E-state index contributed by atoms with van der Waals surface area (Å²) in [6, 6.07) is 0. The molecule has 0 aromatic carbocycles. The van der Waals surface area contributed by atoms with E-state index in [0.29, 0.717) is 13.0 Å². The van der Waals surface area contributed by atoms with Crippen molar-refractivity contribution in [3.63, 3.8) is 0 Å². The molecule has 1 rings (SSSR count). The van der Waals surface area contributed by atoms with Gasteiger partial charge in [0.1, 0.15) is 30.5 Å². The minimum absolute atomic E-state index is 0.107. The molecular weight excluding hydrogens is 552 g/mol. The molecule has 1 saturated heterocycles. The first-order valence-corrected chi connectivity index (χ1v) is 17.6. The fourth-order valence-electron chi connectivity index (χ4n) is 5.43. The number of aliphatic hydroxyl groups excluding tert-OH is 4. The zero-order valence-electron chi connectivity index (χ0n) is 27.5. The summed E-state index contributed by atoms with van der Waals surface area (Å²) < 4.78 is 22.6. The first-order valence-electron chi connectivity index (χ1n) is 17.6. The SMILES string of the molecule is CCCCCCCCCCCCCCC(=O)OC(COCCCCCCCCCC)COC1OC(CO)C(O)C(O)C1O. The molecule has 256 valence electrons. The molecule has 0 aliphatic carbocycles. The van der Waals surface area contributed by atoms with Crippen molar-refractivity contribution in [1.29, 1.82) is 0 Å². The molecule has 0 aromatic heterocycles. The third-order valence-corrected chi connectivity index (χ3v) is 8.27. The molecule has 6 atom stereocenters. The fraction of sp³-hybridized carbons (Fsp3) is 0.971. The lowest BCUT2D eigenvalue weighted by atomic mass is 9.99. The highest BCUT2D eigenvalue weighted by atomic mass is 16.7.